The standard InChI is InChI=1S/C24H34N3O6P.BrH/c25-14-5-2-6-16-33-23(28)13-15-26-24(29)22(27-18-34(30,31)32)17-19-9-11-21(12-10-19)20-7-3-1-4-8-20;/h1,3-4,7-12,22,27H,2,5-6,13-18,25H2,(H,26,29)(H2,30,31,32);1H. The first-order valence-corrected chi connectivity index (χ1v) is 13.1. The molecule has 6 N–H and O–H groups in total. The molecule has 0 fully saturated rings. The molecule has 0 saturated carbocycles. The van der Waals surface area contributed by atoms with Crippen molar-refractivity contribution in [1.29, 1.82) is 0 Å². The van der Waals surface area contributed by atoms with Gasteiger partial charge in [0.2, 0.25) is 5.91 Å². The molecule has 2 rings (SSSR count). The normalized spacial score (nSPS) is 11.9. The van der Waals surface area contributed by atoms with Gasteiger partial charge in [-0.3, -0.25) is 19.5 Å². The highest BCUT2D eigenvalue weighted by atomic mass is 79.9. The predicted octanol–water partition coefficient (Wildman–Crippen LogP) is 2.75. The van der Waals surface area contributed by atoms with Gasteiger partial charge in [0.15, 0.2) is 0 Å². The van der Waals surface area contributed by atoms with Crippen LogP contribution in [0, 0.1) is 0 Å². The number of nitrogens with one attached hydrogen (secondary N) is 2. The van der Waals surface area contributed by atoms with E-state index >= 15 is 0 Å². The smallest absolute Gasteiger partial charge is 0.339 e. The molecule has 2 aromatic rings. The first-order valence-electron chi connectivity index (χ1n) is 11.3. The van der Waals surface area contributed by atoms with E-state index in [1.165, 1.54) is 0 Å². The molecule has 1 atom stereocenters. The van der Waals surface area contributed by atoms with Gasteiger partial charge in [-0.15, -0.1) is 17.0 Å². The molecule has 0 aromatic heterocycles. The minimum Gasteiger partial charge on any atom is -0.466 e. The summed E-state index contributed by atoms with van der Waals surface area (Å²) in [5.41, 5.74) is 8.33. The minimum atomic E-state index is -4.35. The van der Waals surface area contributed by atoms with Gasteiger partial charge in [0.05, 0.1) is 25.4 Å². The number of carbonyl (C=O) groups excluding carboxylic acids is 2. The second-order valence-electron chi connectivity index (χ2n) is 7.96. The van der Waals surface area contributed by atoms with E-state index in [4.69, 9.17) is 10.5 Å². The van der Waals surface area contributed by atoms with E-state index in [9.17, 15) is 23.9 Å². The van der Waals surface area contributed by atoms with Crippen LogP contribution in [0.1, 0.15) is 31.2 Å². The second-order valence-corrected chi connectivity index (χ2v) is 9.60. The van der Waals surface area contributed by atoms with Gasteiger partial charge < -0.3 is 25.6 Å². The molecule has 2 aromatic carbocycles. The van der Waals surface area contributed by atoms with Gasteiger partial charge >= 0.3 is 13.6 Å². The number of nitrogens with two attached hydrogens (primary N) is 1. The number of ether oxygens (including phenoxy) is 1. The fourth-order valence-corrected chi connectivity index (χ4v) is 3.74. The topological polar surface area (TPSA) is 151 Å². The summed E-state index contributed by atoms with van der Waals surface area (Å²) >= 11 is 0. The number of rotatable bonds is 15. The van der Waals surface area contributed by atoms with Crippen LogP contribution in [0.2, 0.25) is 0 Å². The highest BCUT2D eigenvalue weighted by Gasteiger charge is 2.23. The number of hydrogen-bond acceptors (Lipinski definition) is 6. The van der Waals surface area contributed by atoms with Crippen molar-refractivity contribution >= 4 is 36.5 Å². The molecule has 0 heterocycles. The average Bonchev–Trinajstić information content (AvgIpc) is 2.82. The summed E-state index contributed by atoms with van der Waals surface area (Å²) in [4.78, 5) is 42.9. The third kappa shape index (κ3) is 13.0. The summed E-state index contributed by atoms with van der Waals surface area (Å²) in [6, 6.07) is 16.6. The van der Waals surface area contributed by atoms with Gasteiger partial charge in [-0.2, -0.15) is 0 Å². The Hall–Kier alpha value is -2.07. The SMILES string of the molecule is Br.NCCCCCOC(=O)CCNC(=O)C(Cc1ccc(-c2ccccc2)cc1)NCP(=O)(O)O. The first-order chi connectivity index (χ1) is 16.3. The average molecular weight is 572 g/mol. The third-order valence-corrected chi connectivity index (χ3v) is 5.70. The number of unbranched alkanes of at least 4 members (excludes halogenated alkanes) is 2. The molecule has 0 bridgehead atoms. The summed E-state index contributed by atoms with van der Waals surface area (Å²) in [7, 11) is -4.35. The van der Waals surface area contributed by atoms with Crippen LogP contribution in [0.4, 0.5) is 0 Å². The van der Waals surface area contributed by atoms with Crippen LogP contribution in [-0.2, 0) is 25.3 Å². The molecule has 1 unspecified atom stereocenters. The van der Waals surface area contributed by atoms with Crippen molar-refractivity contribution in [3.8, 4) is 11.1 Å². The van der Waals surface area contributed by atoms with E-state index in [1.807, 2.05) is 54.6 Å². The van der Waals surface area contributed by atoms with Crippen LogP contribution in [0.3, 0.4) is 0 Å². The van der Waals surface area contributed by atoms with Gasteiger partial charge in [-0.05, 0) is 48.9 Å². The summed E-state index contributed by atoms with van der Waals surface area (Å²) in [5, 5.41) is 5.29. The molecule has 194 valence electrons. The number of amides is 1. The molecular weight excluding hydrogens is 537 g/mol. The monoisotopic (exact) mass is 571 g/mol. The van der Waals surface area contributed by atoms with Crippen molar-refractivity contribution in [3.63, 3.8) is 0 Å². The zero-order valence-corrected chi connectivity index (χ0v) is 22.2. The predicted molar refractivity (Wildman–Crippen MR) is 141 cm³/mol. The molecule has 35 heavy (non-hydrogen) atoms. The maximum absolute atomic E-state index is 12.7. The van der Waals surface area contributed by atoms with Gasteiger partial charge in [-0.1, -0.05) is 54.6 Å². The van der Waals surface area contributed by atoms with Crippen LogP contribution in [0.5, 0.6) is 0 Å². The van der Waals surface area contributed by atoms with E-state index in [-0.39, 0.29) is 36.4 Å². The summed E-state index contributed by atoms with van der Waals surface area (Å²) in [6.45, 7) is 0.994. The molecule has 0 aliphatic heterocycles. The molecule has 0 saturated heterocycles. The molecule has 0 spiro atoms. The Balaban J connectivity index is 0.00000612. The quantitative estimate of drug-likeness (QED) is 0.124. The maximum atomic E-state index is 12.7. The van der Waals surface area contributed by atoms with Crippen molar-refractivity contribution < 1.29 is 28.7 Å². The summed E-state index contributed by atoms with van der Waals surface area (Å²) in [5.74, 6) is -0.861. The lowest BCUT2D eigenvalue weighted by Gasteiger charge is -2.19. The molecule has 0 aliphatic carbocycles. The molecule has 9 nitrogen and oxygen atoms in total. The highest BCUT2D eigenvalue weighted by Crippen LogP contribution is 2.32. The lowest BCUT2D eigenvalue weighted by atomic mass is 10.0. The molecule has 11 heteroatoms. The van der Waals surface area contributed by atoms with Crippen molar-refractivity contribution in [1.82, 2.24) is 10.6 Å². The highest BCUT2D eigenvalue weighted by molar-refractivity contribution is 8.93. The van der Waals surface area contributed by atoms with E-state index in [0.29, 0.717) is 13.2 Å². The van der Waals surface area contributed by atoms with E-state index in [2.05, 4.69) is 10.6 Å². The van der Waals surface area contributed by atoms with Crippen LogP contribution >= 0.6 is 24.6 Å². The first kappa shape index (κ1) is 31.0. The van der Waals surface area contributed by atoms with Crippen LogP contribution in [0.15, 0.2) is 54.6 Å². The van der Waals surface area contributed by atoms with Crippen LogP contribution < -0.4 is 16.4 Å². The molecule has 1 amide bonds. The minimum absolute atomic E-state index is 0. The second kappa shape index (κ2) is 16.6. The lowest BCUT2D eigenvalue weighted by Crippen LogP contribution is -2.46. The Morgan fingerprint density at radius 3 is 2.26 bits per heavy atom. The number of esters is 1. The third-order valence-electron chi connectivity index (χ3n) is 5.10. The number of carbonyl (C=O) groups is 2. The zero-order chi connectivity index (χ0) is 24.8. The van der Waals surface area contributed by atoms with E-state index in [0.717, 1.165) is 36.0 Å². The van der Waals surface area contributed by atoms with Crippen molar-refractivity contribution in [2.75, 3.05) is 26.0 Å². The van der Waals surface area contributed by atoms with E-state index in [1.54, 1.807) is 0 Å². The Bertz CT molecular complexity index is 940. The van der Waals surface area contributed by atoms with Gasteiger partial charge in [0, 0.05) is 6.54 Å². The van der Waals surface area contributed by atoms with Gasteiger partial charge in [0.1, 0.15) is 0 Å². The fraction of sp³-hybridized carbons (Fsp3) is 0.417. The van der Waals surface area contributed by atoms with Crippen molar-refractivity contribution in [2.24, 2.45) is 5.73 Å². The van der Waals surface area contributed by atoms with Gasteiger partial charge in [0.25, 0.3) is 0 Å². The maximum Gasteiger partial charge on any atom is 0.339 e. The number of benzene rings is 2. The number of halogens is 1. The molecule has 0 radical (unpaired) electrons. The Morgan fingerprint density at radius 1 is 0.971 bits per heavy atom. The zero-order valence-electron chi connectivity index (χ0n) is 19.6. The molecule has 0 aliphatic rings. The summed E-state index contributed by atoms with van der Waals surface area (Å²) < 4.78 is 16.4. The van der Waals surface area contributed by atoms with Crippen LogP contribution in [-0.4, -0.2) is 53.7 Å². The Kier molecular flexibility index (Phi) is 14.7. The number of hydrogen-bond donors (Lipinski definition) is 5. The Labute approximate surface area is 216 Å². The van der Waals surface area contributed by atoms with Crippen LogP contribution in [0.25, 0.3) is 11.1 Å². The van der Waals surface area contributed by atoms with Crippen molar-refractivity contribution in [2.45, 2.75) is 38.1 Å². The van der Waals surface area contributed by atoms with Crippen molar-refractivity contribution in [3.05, 3.63) is 60.2 Å². The largest absolute Gasteiger partial charge is 0.466 e. The molecular formula is C24H35BrN3O6P. The van der Waals surface area contributed by atoms with Gasteiger partial charge in [-0.25, -0.2) is 0 Å². The fourth-order valence-electron chi connectivity index (χ4n) is 3.28. The lowest BCUT2D eigenvalue weighted by molar-refractivity contribution is -0.143. The summed E-state index contributed by atoms with van der Waals surface area (Å²) in [6.07, 6.45) is 2.13. The Morgan fingerprint density at radius 2 is 1.63 bits per heavy atom. The van der Waals surface area contributed by atoms with E-state index < -0.39 is 31.8 Å².